The summed E-state index contributed by atoms with van der Waals surface area (Å²) >= 11 is 0. The van der Waals surface area contributed by atoms with Crippen LogP contribution in [0.3, 0.4) is 0 Å². The molecule has 0 aliphatic carbocycles. The molecule has 0 radical (unpaired) electrons. The van der Waals surface area contributed by atoms with E-state index in [1.807, 2.05) is 0 Å². The minimum Gasteiger partial charge on any atom is -0.347 e. The smallest absolute Gasteiger partial charge is 0.239 e. The van der Waals surface area contributed by atoms with Crippen LogP contribution in [0.1, 0.15) is 13.8 Å². The summed E-state index contributed by atoms with van der Waals surface area (Å²) in [6, 6.07) is 0.0370. The Bertz CT molecular complexity index is 179. The molecule has 3 atom stereocenters. The third-order valence-electron chi connectivity index (χ3n) is 2.79. The molecule has 3 nitrogen and oxygen atoms in total. The molecular weight excluding hydrogens is 152 g/mol. The highest BCUT2D eigenvalue weighted by molar-refractivity contribution is 5.82. The summed E-state index contributed by atoms with van der Waals surface area (Å²) in [7, 11) is 3.61. The molecule has 0 aromatic rings. The molecule has 70 valence electrons. The van der Waals surface area contributed by atoms with E-state index in [2.05, 4.69) is 19.2 Å². The van der Waals surface area contributed by atoms with Gasteiger partial charge in [-0.15, -0.1) is 0 Å². The molecule has 0 aromatic heterocycles. The maximum atomic E-state index is 11.6. The lowest BCUT2D eigenvalue weighted by atomic mass is 9.94. The zero-order valence-electron chi connectivity index (χ0n) is 8.29. The van der Waals surface area contributed by atoms with Gasteiger partial charge in [0.15, 0.2) is 0 Å². The molecule has 1 aliphatic rings. The van der Waals surface area contributed by atoms with Gasteiger partial charge >= 0.3 is 0 Å². The second kappa shape index (κ2) is 3.44. The first-order valence-electron chi connectivity index (χ1n) is 4.48. The Kier molecular flexibility index (Phi) is 2.73. The molecule has 12 heavy (non-hydrogen) atoms. The molecule has 1 amide bonds. The van der Waals surface area contributed by atoms with Crippen molar-refractivity contribution in [2.24, 2.45) is 11.8 Å². The highest BCUT2D eigenvalue weighted by Crippen LogP contribution is 2.21. The van der Waals surface area contributed by atoms with E-state index in [1.54, 1.807) is 19.0 Å². The largest absolute Gasteiger partial charge is 0.347 e. The predicted octanol–water partition coefficient (Wildman–Crippen LogP) is 0.319. The molecule has 0 bridgehead atoms. The van der Waals surface area contributed by atoms with Crippen LogP contribution in [0.25, 0.3) is 0 Å². The first-order chi connectivity index (χ1) is 5.54. The van der Waals surface area contributed by atoms with Gasteiger partial charge < -0.3 is 10.2 Å². The molecule has 1 fully saturated rings. The Labute approximate surface area is 74.1 Å². The van der Waals surface area contributed by atoms with Crippen molar-refractivity contribution in [1.29, 1.82) is 0 Å². The van der Waals surface area contributed by atoms with E-state index in [0.29, 0.717) is 11.8 Å². The van der Waals surface area contributed by atoms with E-state index in [0.717, 1.165) is 6.54 Å². The summed E-state index contributed by atoms with van der Waals surface area (Å²) in [4.78, 5) is 13.2. The first-order valence-corrected chi connectivity index (χ1v) is 4.48. The minimum atomic E-state index is 0.0370. The second-order valence-corrected chi connectivity index (χ2v) is 3.95. The van der Waals surface area contributed by atoms with Crippen molar-refractivity contribution in [2.45, 2.75) is 19.9 Å². The van der Waals surface area contributed by atoms with Crippen LogP contribution in [-0.2, 0) is 4.79 Å². The van der Waals surface area contributed by atoms with Gasteiger partial charge in [-0.2, -0.15) is 0 Å². The van der Waals surface area contributed by atoms with Crippen LogP contribution in [0.5, 0.6) is 0 Å². The number of hydrogen-bond acceptors (Lipinski definition) is 2. The molecule has 3 heteroatoms. The van der Waals surface area contributed by atoms with E-state index < -0.39 is 0 Å². The molecule has 1 aliphatic heterocycles. The highest BCUT2D eigenvalue weighted by Gasteiger charge is 2.34. The van der Waals surface area contributed by atoms with Crippen LogP contribution in [-0.4, -0.2) is 37.5 Å². The fourth-order valence-corrected chi connectivity index (χ4v) is 1.60. The maximum Gasteiger partial charge on any atom is 0.239 e. The minimum absolute atomic E-state index is 0.0370. The molecule has 1 saturated heterocycles. The monoisotopic (exact) mass is 170 g/mol. The van der Waals surface area contributed by atoms with E-state index in [-0.39, 0.29) is 11.9 Å². The van der Waals surface area contributed by atoms with Gasteiger partial charge in [-0.25, -0.2) is 0 Å². The van der Waals surface area contributed by atoms with Crippen molar-refractivity contribution < 1.29 is 4.79 Å². The van der Waals surface area contributed by atoms with Crippen LogP contribution in [0.2, 0.25) is 0 Å². The third kappa shape index (κ3) is 1.61. The lowest BCUT2D eigenvalue weighted by molar-refractivity contribution is -0.131. The van der Waals surface area contributed by atoms with Crippen LogP contribution in [0.4, 0.5) is 0 Å². The van der Waals surface area contributed by atoms with E-state index in [9.17, 15) is 4.79 Å². The normalized spacial score (nSPS) is 35.2. The van der Waals surface area contributed by atoms with Gasteiger partial charge in [0.25, 0.3) is 0 Å². The van der Waals surface area contributed by atoms with Crippen molar-refractivity contribution in [3.8, 4) is 0 Å². The molecule has 0 saturated carbocycles. The Hall–Kier alpha value is -0.570. The van der Waals surface area contributed by atoms with Gasteiger partial charge in [0.05, 0.1) is 6.04 Å². The van der Waals surface area contributed by atoms with Crippen molar-refractivity contribution in [3.05, 3.63) is 0 Å². The fourth-order valence-electron chi connectivity index (χ4n) is 1.60. The van der Waals surface area contributed by atoms with Crippen molar-refractivity contribution >= 4 is 5.91 Å². The highest BCUT2D eigenvalue weighted by atomic mass is 16.2. The maximum absolute atomic E-state index is 11.6. The number of likely N-dealkylation sites (N-methyl/N-ethyl adjacent to an activating group) is 1. The SMILES string of the molecule is CC1CNC(C(=O)N(C)C)C1C. The second-order valence-electron chi connectivity index (χ2n) is 3.95. The Morgan fingerprint density at radius 2 is 2.00 bits per heavy atom. The van der Waals surface area contributed by atoms with E-state index in [1.165, 1.54) is 0 Å². The Balaban J connectivity index is 2.59. The van der Waals surface area contributed by atoms with Gasteiger partial charge in [-0.3, -0.25) is 4.79 Å². The summed E-state index contributed by atoms with van der Waals surface area (Å²) in [6.45, 7) is 5.28. The fraction of sp³-hybridized carbons (Fsp3) is 0.889. The number of carbonyl (C=O) groups excluding carboxylic acids is 1. The van der Waals surface area contributed by atoms with Crippen LogP contribution in [0.15, 0.2) is 0 Å². The molecule has 3 unspecified atom stereocenters. The van der Waals surface area contributed by atoms with Gasteiger partial charge in [-0.05, 0) is 18.4 Å². The third-order valence-corrected chi connectivity index (χ3v) is 2.79. The number of nitrogens with one attached hydrogen (secondary N) is 1. The lowest BCUT2D eigenvalue weighted by Gasteiger charge is -2.20. The van der Waals surface area contributed by atoms with Crippen LogP contribution in [0, 0.1) is 11.8 Å². The van der Waals surface area contributed by atoms with Gasteiger partial charge in [0.2, 0.25) is 5.91 Å². The first kappa shape index (κ1) is 9.52. The summed E-state index contributed by atoms with van der Waals surface area (Å²) in [5.41, 5.74) is 0. The molecule has 1 heterocycles. The van der Waals surface area contributed by atoms with Crippen molar-refractivity contribution in [1.82, 2.24) is 10.2 Å². The number of nitrogens with zero attached hydrogens (tertiary/aromatic N) is 1. The summed E-state index contributed by atoms with van der Waals surface area (Å²) in [6.07, 6.45) is 0. The summed E-state index contributed by atoms with van der Waals surface area (Å²) in [5, 5.41) is 3.25. The standard InChI is InChI=1S/C9H18N2O/c1-6-5-10-8(7(6)2)9(12)11(3)4/h6-8,10H,5H2,1-4H3. The van der Waals surface area contributed by atoms with Crippen LogP contribution >= 0.6 is 0 Å². The molecule has 0 spiro atoms. The van der Waals surface area contributed by atoms with Crippen molar-refractivity contribution in [3.63, 3.8) is 0 Å². The molecule has 0 aromatic carbocycles. The topological polar surface area (TPSA) is 32.3 Å². The number of amides is 1. The summed E-state index contributed by atoms with van der Waals surface area (Å²) < 4.78 is 0. The molecule has 1 rings (SSSR count). The van der Waals surface area contributed by atoms with Gasteiger partial charge in [0.1, 0.15) is 0 Å². The number of rotatable bonds is 1. The van der Waals surface area contributed by atoms with E-state index in [4.69, 9.17) is 0 Å². The average Bonchev–Trinajstić information content (AvgIpc) is 2.32. The number of hydrogen-bond donors (Lipinski definition) is 1. The van der Waals surface area contributed by atoms with E-state index >= 15 is 0 Å². The Morgan fingerprint density at radius 3 is 2.33 bits per heavy atom. The summed E-state index contributed by atoms with van der Waals surface area (Å²) in [5.74, 6) is 1.27. The zero-order chi connectivity index (χ0) is 9.30. The predicted molar refractivity (Wildman–Crippen MR) is 48.8 cm³/mol. The molecule has 1 N–H and O–H groups in total. The van der Waals surface area contributed by atoms with Gasteiger partial charge in [-0.1, -0.05) is 13.8 Å². The lowest BCUT2D eigenvalue weighted by Crippen LogP contribution is -2.42. The molecular formula is C9H18N2O. The van der Waals surface area contributed by atoms with Crippen LogP contribution < -0.4 is 5.32 Å². The Morgan fingerprint density at radius 1 is 1.42 bits per heavy atom. The zero-order valence-corrected chi connectivity index (χ0v) is 8.29. The quantitative estimate of drug-likeness (QED) is 0.614. The van der Waals surface area contributed by atoms with Crippen molar-refractivity contribution in [2.75, 3.05) is 20.6 Å². The number of carbonyl (C=O) groups is 1. The average molecular weight is 170 g/mol. The van der Waals surface area contributed by atoms with Gasteiger partial charge in [0, 0.05) is 14.1 Å².